The van der Waals surface area contributed by atoms with Crippen LogP contribution in [0.2, 0.25) is 0 Å². The van der Waals surface area contributed by atoms with Crippen LogP contribution >= 0.6 is 0 Å². The van der Waals surface area contributed by atoms with E-state index in [1.807, 2.05) is 7.05 Å². The number of hydrogen-bond acceptors (Lipinski definition) is 5. The van der Waals surface area contributed by atoms with Crippen LogP contribution in [-0.2, 0) is 14.8 Å². The average Bonchev–Trinajstić information content (AvgIpc) is 2.61. The molecule has 0 bridgehead atoms. The summed E-state index contributed by atoms with van der Waals surface area (Å²) in [6.45, 7) is 1.81. The largest absolute Gasteiger partial charge is 0.383 e. The highest BCUT2D eigenvalue weighted by Crippen LogP contribution is 2.17. The molecule has 0 spiro atoms. The fourth-order valence-electron chi connectivity index (χ4n) is 2.74. The zero-order chi connectivity index (χ0) is 17.6. The van der Waals surface area contributed by atoms with Gasteiger partial charge in [-0.25, -0.2) is 13.1 Å². The van der Waals surface area contributed by atoms with E-state index >= 15 is 0 Å². The lowest BCUT2D eigenvalue weighted by molar-refractivity contribution is 0.0698. The molecule has 2 N–H and O–H groups in total. The molecule has 1 aromatic rings. The number of benzene rings is 1. The van der Waals surface area contributed by atoms with E-state index in [1.165, 1.54) is 19.2 Å². The van der Waals surface area contributed by atoms with Gasteiger partial charge < -0.3 is 15.0 Å². The predicted octanol–water partition coefficient (Wildman–Crippen LogP) is 0.435. The Labute approximate surface area is 143 Å². The van der Waals surface area contributed by atoms with E-state index in [9.17, 15) is 13.2 Å². The van der Waals surface area contributed by atoms with Gasteiger partial charge in [0.15, 0.2) is 0 Å². The molecule has 7 nitrogen and oxygen atoms in total. The minimum atomic E-state index is -3.65. The van der Waals surface area contributed by atoms with Gasteiger partial charge in [-0.3, -0.25) is 4.79 Å². The van der Waals surface area contributed by atoms with E-state index in [1.54, 1.807) is 17.0 Å². The zero-order valence-electron chi connectivity index (χ0n) is 14.1. The number of piperidine rings is 1. The molecule has 1 aliphatic heterocycles. The van der Waals surface area contributed by atoms with E-state index in [2.05, 4.69) is 10.0 Å². The van der Waals surface area contributed by atoms with Crippen LogP contribution in [0.15, 0.2) is 29.2 Å². The molecule has 1 amide bonds. The Bertz CT molecular complexity index is 663. The number of methoxy groups -OCH3 is 1. The number of rotatable bonds is 7. The summed E-state index contributed by atoms with van der Waals surface area (Å²) in [5, 5.41) is 3.19. The quantitative estimate of drug-likeness (QED) is 0.693. The van der Waals surface area contributed by atoms with Crippen LogP contribution in [0, 0.1) is 0 Å². The van der Waals surface area contributed by atoms with Gasteiger partial charge in [0.05, 0.1) is 11.5 Å². The molecular formula is C16H25N3O4S. The van der Waals surface area contributed by atoms with E-state index in [4.69, 9.17) is 4.74 Å². The summed E-state index contributed by atoms with van der Waals surface area (Å²) in [7, 11) is -0.257. The van der Waals surface area contributed by atoms with Crippen LogP contribution in [0.1, 0.15) is 23.2 Å². The minimum Gasteiger partial charge on any atom is -0.383 e. The van der Waals surface area contributed by atoms with Gasteiger partial charge in [-0.05, 0) is 38.1 Å². The van der Waals surface area contributed by atoms with Crippen molar-refractivity contribution < 1.29 is 17.9 Å². The SMILES string of the molecule is CNC1CCCN(C(=O)c2cccc(S(=O)(=O)NCCOC)c2)C1. The Morgan fingerprint density at radius 3 is 2.92 bits per heavy atom. The van der Waals surface area contributed by atoms with Gasteiger partial charge in [0, 0.05) is 38.3 Å². The third-order valence-corrected chi connectivity index (χ3v) is 5.57. The Morgan fingerprint density at radius 2 is 2.21 bits per heavy atom. The fourth-order valence-corrected chi connectivity index (χ4v) is 3.80. The minimum absolute atomic E-state index is 0.0895. The zero-order valence-corrected chi connectivity index (χ0v) is 14.9. The first-order valence-corrected chi connectivity index (χ1v) is 9.51. The lowest BCUT2D eigenvalue weighted by Crippen LogP contribution is -2.47. The lowest BCUT2D eigenvalue weighted by atomic mass is 10.0. The van der Waals surface area contributed by atoms with Crippen molar-refractivity contribution in [3.05, 3.63) is 29.8 Å². The first kappa shape index (κ1) is 18.9. The Hall–Kier alpha value is -1.48. The first-order chi connectivity index (χ1) is 11.5. The number of nitrogens with zero attached hydrogens (tertiary/aromatic N) is 1. The molecule has 1 atom stereocenters. The van der Waals surface area contributed by atoms with E-state index in [0.717, 1.165) is 12.8 Å². The van der Waals surface area contributed by atoms with Crippen molar-refractivity contribution in [2.75, 3.05) is 40.4 Å². The number of ether oxygens (including phenoxy) is 1. The molecule has 1 unspecified atom stereocenters. The second-order valence-corrected chi connectivity index (χ2v) is 7.56. The summed E-state index contributed by atoms with van der Waals surface area (Å²) in [6.07, 6.45) is 1.98. The van der Waals surface area contributed by atoms with E-state index in [-0.39, 0.29) is 30.0 Å². The number of likely N-dealkylation sites (N-methyl/N-ethyl adjacent to an activating group) is 1. The van der Waals surface area contributed by atoms with Gasteiger partial charge in [0.25, 0.3) is 5.91 Å². The Kier molecular flexibility index (Phi) is 6.73. The topological polar surface area (TPSA) is 87.7 Å². The number of sulfonamides is 1. The molecular weight excluding hydrogens is 330 g/mol. The first-order valence-electron chi connectivity index (χ1n) is 8.03. The summed E-state index contributed by atoms with van der Waals surface area (Å²) in [5.41, 5.74) is 0.390. The normalized spacial score (nSPS) is 18.6. The second kappa shape index (κ2) is 8.57. The monoisotopic (exact) mass is 355 g/mol. The molecule has 134 valence electrons. The standard InChI is InChI=1S/C16H25N3O4S/c1-17-14-6-4-9-19(12-14)16(20)13-5-3-7-15(11-13)24(21,22)18-8-10-23-2/h3,5,7,11,14,17-18H,4,6,8-10,12H2,1-2H3. The van der Waals surface area contributed by atoms with Crippen LogP contribution in [-0.4, -0.2) is 65.7 Å². The molecule has 0 aromatic heterocycles. The lowest BCUT2D eigenvalue weighted by Gasteiger charge is -2.32. The second-order valence-electron chi connectivity index (χ2n) is 5.80. The van der Waals surface area contributed by atoms with Gasteiger partial charge >= 0.3 is 0 Å². The molecule has 2 rings (SSSR count). The molecule has 1 heterocycles. The summed E-state index contributed by atoms with van der Waals surface area (Å²) in [4.78, 5) is 14.5. The third-order valence-electron chi connectivity index (χ3n) is 4.11. The van der Waals surface area contributed by atoms with Crippen LogP contribution < -0.4 is 10.0 Å². The Morgan fingerprint density at radius 1 is 1.42 bits per heavy atom. The highest BCUT2D eigenvalue weighted by molar-refractivity contribution is 7.89. The van der Waals surface area contributed by atoms with Crippen LogP contribution in [0.25, 0.3) is 0 Å². The van der Waals surface area contributed by atoms with Crippen molar-refractivity contribution in [1.29, 1.82) is 0 Å². The molecule has 8 heteroatoms. The summed E-state index contributed by atoms with van der Waals surface area (Å²) >= 11 is 0. The number of amides is 1. The van der Waals surface area contributed by atoms with Gasteiger partial charge in [0.1, 0.15) is 0 Å². The average molecular weight is 355 g/mol. The number of carbonyl (C=O) groups is 1. The van der Waals surface area contributed by atoms with Crippen molar-refractivity contribution in [2.45, 2.75) is 23.8 Å². The summed E-state index contributed by atoms with van der Waals surface area (Å²) in [5.74, 6) is -0.135. The van der Waals surface area contributed by atoms with Crippen molar-refractivity contribution in [1.82, 2.24) is 14.9 Å². The maximum atomic E-state index is 12.7. The fraction of sp³-hybridized carbons (Fsp3) is 0.562. The number of hydrogen-bond donors (Lipinski definition) is 2. The smallest absolute Gasteiger partial charge is 0.253 e. The van der Waals surface area contributed by atoms with Gasteiger partial charge in [-0.1, -0.05) is 6.07 Å². The molecule has 0 radical (unpaired) electrons. The molecule has 0 aliphatic carbocycles. The highest BCUT2D eigenvalue weighted by Gasteiger charge is 2.24. The van der Waals surface area contributed by atoms with Crippen LogP contribution in [0.5, 0.6) is 0 Å². The maximum Gasteiger partial charge on any atom is 0.253 e. The predicted molar refractivity (Wildman–Crippen MR) is 91.5 cm³/mol. The van der Waals surface area contributed by atoms with Gasteiger partial charge in [-0.15, -0.1) is 0 Å². The Balaban J connectivity index is 2.13. The van der Waals surface area contributed by atoms with E-state index in [0.29, 0.717) is 18.7 Å². The molecule has 1 aliphatic rings. The number of nitrogens with one attached hydrogen (secondary N) is 2. The number of likely N-dealkylation sites (tertiary alicyclic amines) is 1. The van der Waals surface area contributed by atoms with Crippen molar-refractivity contribution in [2.24, 2.45) is 0 Å². The van der Waals surface area contributed by atoms with Crippen LogP contribution in [0.4, 0.5) is 0 Å². The summed E-state index contributed by atoms with van der Waals surface area (Å²) < 4.78 is 31.8. The van der Waals surface area contributed by atoms with Gasteiger partial charge in [-0.2, -0.15) is 0 Å². The molecule has 1 saturated heterocycles. The van der Waals surface area contributed by atoms with Crippen molar-refractivity contribution in [3.63, 3.8) is 0 Å². The van der Waals surface area contributed by atoms with Crippen molar-refractivity contribution in [3.8, 4) is 0 Å². The maximum absolute atomic E-state index is 12.7. The molecule has 1 aromatic carbocycles. The third kappa shape index (κ3) is 4.76. The van der Waals surface area contributed by atoms with E-state index < -0.39 is 10.0 Å². The molecule has 24 heavy (non-hydrogen) atoms. The van der Waals surface area contributed by atoms with Crippen molar-refractivity contribution >= 4 is 15.9 Å². The van der Waals surface area contributed by atoms with Crippen LogP contribution in [0.3, 0.4) is 0 Å². The molecule has 1 fully saturated rings. The molecule has 0 saturated carbocycles. The summed E-state index contributed by atoms with van der Waals surface area (Å²) in [6, 6.07) is 6.45. The number of carbonyl (C=O) groups excluding carboxylic acids is 1. The van der Waals surface area contributed by atoms with Gasteiger partial charge in [0.2, 0.25) is 10.0 Å². The highest BCUT2D eigenvalue weighted by atomic mass is 32.2.